The van der Waals surface area contributed by atoms with Gasteiger partial charge in [-0.3, -0.25) is 0 Å². The Labute approximate surface area is 126 Å². The van der Waals surface area contributed by atoms with E-state index in [2.05, 4.69) is 33.0 Å². The molecule has 0 bridgehead atoms. The van der Waals surface area contributed by atoms with Crippen molar-refractivity contribution in [3.63, 3.8) is 0 Å². The van der Waals surface area contributed by atoms with E-state index >= 15 is 0 Å². The zero-order chi connectivity index (χ0) is 16.0. The number of hydrogen-bond donors (Lipinski definition) is 1. The van der Waals surface area contributed by atoms with Gasteiger partial charge in [-0.15, -0.1) is 0 Å². The quantitative estimate of drug-likeness (QED) is 0.823. The first-order chi connectivity index (χ1) is 9.79. The van der Waals surface area contributed by atoms with Crippen molar-refractivity contribution in [2.45, 2.75) is 52.7 Å². The van der Waals surface area contributed by atoms with Crippen LogP contribution in [0.2, 0.25) is 0 Å². The van der Waals surface area contributed by atoms with Gasteiger partial charge in [0.05, 0.1) is 6.10 Å². The molecule has 0 heterocycles. The van der Waals surface area contributed by atoms with Crippen molar-refractivity contribution in [2.75, 3.05) is 13.7 Å². The lowest BCUT2D eigenvalue weighted by Gasteiger charge is -2.36. The molecule has 0 radical (unpaired) electrons. The summed E-state index contributed by atoms with van der Waals surface area (Å²) < 4.78 is 32.9. The summed E-state index contributed by atoms with van der Waals surface area (Å²) in [5.41, 5.74) is 0.291. The van der Waals surface area contributed by atoms with E-state index in [1.165, 1.54) is 12.1 Å². The molecule has 1 rings (SSSR count). The van der Waals surface area contributed by atoms with E-state index in [0.717, 1.165) is 19.0 Å². The van der Waals surface area contributed by atoms with Gasteiger partial charge in [0.2, 0.25) is 0 Å². The fraction of sp³-hybridized carbons (Fsp3) is 0.647. The molecule has 0 aromatic heterocycles. The fourth-order valence-electron chi connectivity index (χ4n) is 2.67. The van der Waals surface area contributed by atoms with Gasteiger partial charge in [0, 0.05) is 13.2 Å². The number of hydrogen-bond acceptors (Lipinski definition) is 2. The topological polar surface area (TPSA) is 21.3 Å². The van der Waals surface area contributed by atoms with Crippen molar-refractivity contribution in [1.29, 1.82) is 0 Å². The van der Waals surface area contributed by atoms with Gasteiger partial charge in [-0.05, 0) is 48.6 Å². The average Bonchev–Trinajstić information content (AvgIpc) is 2.39. The maximum absolute atomic E-state index is 13.9. The highest BCUT2D eigenvalue weighted by Gasteiger charge is 2.32. The van der Waals surface area contributed by atoms with E-state index in [0.29, 0.717) is 12.0 Å². The molecule has 0 saturated carbocycles. The van der Waals surface area contributed by atoms with Crippen molar-refractivity contribution in [3.05, 3.63) is 35.4 Å². The molecule has 21 heavy (non-hydrogen) atoms. The third-order valence-corrected chi connectivity index (χ3v) is 3.58. The van der Waals surface area contributed by atoms with Crippen LogP contribution in [0, 0.1) is 17.0 Å². The second-order valence-corrected chi connectivity index (χ2v) is 6.52. The molecule has 0 aliphatic rings. The predicted molar refractivity (Wildman–Crippen MR) is 82.4 cm³/mol. The Morgan fingerprint density at radius 1 is 1.24 bits per heavy atom. The first-order valence-corrected chi connectivity index (χ1v) is 7.49. The standard InChI is InChI=1S/C17H27F2NO/c1-6-9-20-15(16(21-5)17(2,3)4)11-12-10-13(18)7-8-14(12)19/h7-8,10,15-16,20H,6,9,11H2,1-5H3. The Morgan fingerprint density at radius 3 is 2.43 bits per heavy atom. The van der Waals surface area contributed by atoms with Crippen molar-refractivity contribution >= 4 is 0 Å². The molecule has 1 N–H and O–H groups in total. The van der Waals surface area contributed by atoms with Crippen LogP contribution < -0.4 is 5.32 Å². The molecule has 120 valence electrons. The van der Waals surface area contributed by atoms with Crippen LogP contribution in [0.4, 0.5) is 8.78 Å². The first-order valence-electron chi connectivity index (χ1n) is 7.49. The minimum atomic E-state index is -0.412. The van der Waals surface area contributed by atoms with Crippen LogP contribution in [0.5, 0.6) is 0 Å². The molecule has 2 nitrogen and oxygen atoms in total. The predicted octanol–water partition coefficient (Wildman–Crippen LogP) is 3.94. The lowest BCUT2D eigenvalue weighted by molar-refractivity contribution is -0.0111. The van der Waals surface area contributed by atoms with Crippen molar-refractivity contribution < 1.29 is 13.5 Å². The summed E-state index contributed by atoms with van der Waals surface area (Å²) in [4.78, 5) is 0. The lowest BCUT2D eigenvalue weighted by Crippen LogP contribution is -2.49. The van der Waals surface area contributed by atoms with E-state index in [4.69, 9.17) is 4.74 Å². The van der Waals surface area contributed by atoms with Gasteiger partial charge < -0.3 is 10.1 Å². The largest absolute Gasteiger partial charge is 0.379 e. The zero-order valence-electron chi connectivity index (χ0n) is 13.7. The fourth-order valence-corrected chi connectivity index (χ4v) is 2.67. The molecule has 4 heteroatoms. The molecule has 0 saturated heterocycles. The Hall–Kier alpha value is -1.00. The smallest absolute Gasteiger partial charge is 0.126 e. The second kappa shape index (κ2) is 7.85. The third kappa shape index (κ3) is 5.36. The summed E-state index contributed by atoms with van der Waals surface area (Å²) in [6.07, 6.45) is 1.29. The molecule has 0 aliphatic heterocycles. The van der Waals surface area contributed by atoms with Gasteiger partial charge in [0.1, 0.15) is 11.6 Å². The normalized spacial score (nSPS) is 15.0. The number of ether oxygens (including phenoxy) is 1. The van der Waals surface area contributed by atoms with E-state index in [1.807, 2.05) is 0 Å². The van der Waals surface area contributed by atoms with Gasteiger partial charge >= 0.3 is 0 Å². The molecule has 0 aliphatic carbocycles. The Kier molecular flexibility index (Phi) is 6.75. The first kappa shape index (κ1) is 18.1. The second-order valence-electron chi connectivity index (χ2n) is 6.52. The molecule has 0 fully saturated rings. The highest BCUT2D eigenvalue weighted by molar-refractivity contribution is 5.20. The maximum Gasteiger partial charge on any atom is 0.126 e. The van der Waals surface area contributed by atoms with Crippen molar-refractivity contribution in [3.8, 4) is 0 Å². The SMILES string of the molecule is CCCNC(Cc1cc(F)ccc1F)C(OC)C(C)(C)C. The minimum Gasteiger partial charge on any atom is -0.379 e. The summed E-state index contributed by atoms with van der Waals surface area (Å²) >= 11 is 0. The van der Waals surface area contributed by atoms with Crippen LogP contribution in [0.1, 0.15) is 39.7 Å². The highest BCUT2D eigenvalue weighted by atomic mass is 19.1. The van der Waals surface area contributed by atoms with Gasteiger partial charge in [-0.2, -0.15) is 0 Å². The average molecular weight is 299 g/mol. The van der Waals surface area contributed by atoms with Crippen LogP contribution in [-0.2, 0) is 11.2 Å². The lowest BCUT2D eigenvalue weighted by atomic mass is 9.82. The van der Waals surface area contributed by atoms with Crippen molar-refractivity contribution in [1.82, 2.24) is 5.32 Å². The van der Waals surface area contributed by atoms with Crippen LogP contribution in [0.3, 0.4) is 0 Å². The molecule has 0 amide bonds. The molecule has 2 atom stereocenters. The van der Waals surface area contributed by atoms with E-state index in [9.17, 15) is 8.78 Å². The number of methoxy groups -OCH3 is 1. The molecular weight excluding hydrogens is 272 g/mol. The van der Waals surface area contributed by atoms with Gasteiger partial charge in [0.15, 0.2) is 0 Å². The molecular formula is C17H27F2NO. The summed E-state index contributed by atoms with van der Waals surface area (Å²) in [5.74, 6) is -0.783. The monoisotopic (exact) mass is 299 g/mol. The number of halogens is 2. The van der Waals surface area contributed by atoms with E-state index < -0.39 is 5.82 Å². The minimum absolute atomic E-state index is 0.0637. The maximum atomic E-state index is 13.9. The van der Waals surface area contributed by atoms with E-state index in [-0.39, 0.29) is 23.4 Å². The molecule has 1 aromatic rings. The van der Waals surface area contributed by atoms with Gasteiger partial charge in [-0.25, -0.2) is 8.78 Å². The number of benzene rings is 1. The Bertz CT molecular complexity index is 443. The summed E-state index contributed by atoms with van der Waals surface area (Å²) in [6, 6.07) is 3.53. The van der Waals surface area contributed by atoms with E-state index in [1.54, 1.807) is 7.11 Å². The summed E-state index contributed by atoms with van der Waals surface area (Å²) in [7, 11) is 1.67. The Morgan fingerprint density at radius 2 is 1.90 bits per heavy atom. The van der Waals surface area contributed by atoms with Gasteiger partial charge in [0.25, 0.3) is 0 Å². The third-order valence-electron chi connectivity index (χ3n) is 3.58. The molecule has 2 unspecified atom stereocenters. The summed E-state index contributed by atoms with van der Waals surface area (Å²) in [5, 5.41) is 3.41. The number of rotatable bonds is 7. The van der Waals surface area contributed by atoms with Crippen LogP contribution in [0.25, 0.3) is 0 Å². The van der Waals surface area contributed by atoms with Crippen molar-refractivity contribution in [2.24, 2.45) is 5.41 Å². The van der Waals surface area contributed by atoms with Crippen LogP contribution in [0.15, 0.2) is 18.2 Å². The zero-order valence-corrected chi connectivity index (χ0v) is 13.7. The van der Waals surface area contributed by atoms with Crippen LogP contribution >= 0.6 is 0 Å². The summed E-state index contributed by atoms with van der Waals surface area (Å²) in [6.45, 7) is 9.15. The number of nitrogens with one attached hydrogen (secondary N) is 1. The van der Waals surface area contributed by atoms with Gasteiger partial charge in [-0.1, -0.05) is 27.7 Å². The molecule has 1 aromatic carbocycles. The Balaban J connectivity index is 2.99. The molecule has 0 spiro atoms. The highest BCUT2D eigenvalue weighted by Crippen LogP contribution is 2.27. The van der Waals surface area contributed by atoms with Crippen LogP contribution in [-0.4, -0.2) is 25.8 Å².